The molecule has 22 heavy (non-hydrogen) atoms. The summed E-state index contributed by atoms with van der Waals surface area (Å²) in [5, 5.41) is 0. The fourth-order valence-corrected chi connectivity index (χ4v) is 3.22. The molecule has 0 aromatic heterocycles. The second kappa shape index (κ2) is 7.44. The quantitative estimate of drug-likeness (QED) is 0.745. The first-order chi connectivity index (χ1) is 10.4. The largest absolute Gasteiger partial charge is 0.349 e. The van der Waals surface area contributed by atoms with Crippen molar-refractivity contribution in [3.8, 4) is 0 Å². The van der Waals surface area contributed by atoms with Crippen LogP contribution in [0.5, 0.6) is 0 Å². The van der Waals surface area contributed by atoms with Crippen LogP contribution in [0, 0.1) is 11.8 Å². The number of nitrogens with zero attached hydrogens (tertiary/aromatic N) is 3. The smallest absolute Gasteiger partial charge is 0.237 e. The molecule has 0 aromatic rings. The van der Waals surface area contributed by atoms with Crippen LogP contribution in [0.15, 0.2) is 0 Å². The van der Waals surface area contributed by atoms with Crippen LogP contribution in [0.4, 0.5) is 0 Å². The Kier molecular flexibility index (Phi) is 5.84. The van der Waals surface area contributed by atoms with Crippen LogP contribution in [0.3, 0.4) is 0 Å². The third-order valence-electron chi connectivity index (χ3n) is 4.61. The monoisotopic (exact) mass is 309 g/mol. The lowest BCUT2D eigenvalue weighted by molar-refractivity contribution is -0.135. The molecule has 1 heterocycles. The van der Waals surface area contributed by atoms with E-state index in [9.17, 15) is 9.59 Å². The Balaban J connectivity index is 1.79. The molecule has 0 spiro atoms. The summed E-state index contributed by atoms with van der Waals surface area (Å²) >= 11 is 0. The van der Waals surface area contributed by atoms with Gasteiger partial charge in [-0.2, -0.15) is 0 Å². The number of rotatable bonds is 6. The summed E-state index contributed by atoms with van der Waals surface area (Å²) in [5.41, 5.74) is 0. The first-order valence-electron chi connectivity index (χ1n) is 8.61. The summed E-state index contributed by atoms with van der Waals surface area (Å²) in [6.07, 6.45) is 4.07. The van der Waals surface area contributed by atoms with Gasteiger partial charge in [0.1, 0.15) is 0 Å². The van der Waals surface area contributed by atoms with Gasteiger partial charge < -0.3 is 9.80 Å². The van der Waals surface area contributed by atoms with Gasteiger partial charge in [-0.05, 0) is 44.7 Å². The zero-order chi connectivity index (χ0) is 16.3. The summed E-state index contributed by atoms with van der Waals surface area (Å²) < 4.78 is 0. The second-order valence-corrected chi connectivity index (χ2v) is 7.45. The van der Waals surface area contributed by atoms with Crippen LogP contribution in [-0.4, -0.2) is 72.8 Å². The minimum Gasteiger partial charge on any atom is -0.349 e. The molecule has 5 heteroatoms. The van der Waals surface area contributed by atoms with Crippen LogP contribution in [-0.2, 0) is 9.59 Å². The van der Waals surface area contributed by atoms with Crippen molar-refractivity contribution in [1.29, 1.82) is 0 Å². The number of carbonyl (C=O) groups excluding carboxylic acids is 2. The average Bonchev–Trinajstić information content (AvgIpc) is 3.29. The molecule has 126 valence electrons. The number of hydrogen-bond acceptors (Lipinski definition) is 3. The Morgan fingerprint density at radius 2 is 1.68 bits per heavy atom. The van der Waals surface area contributed by atoms with Gasteiger partial charge in [0, 0.05) is 32.6 Å². The molecule has 2 rings (SSSR count). The lowest BCUT2D eigenvalue weighted by Crippen LogP contribution is -2.46. The Labute approximate surface area is 134 Å². The van der Waals surface area contributed by atoms with Gasteiger partial charge in [-0.1, -0.05) is 13.8 Å². The predicted octanol–water partition coefficient (Wildman–Crippen LogP) is 1.43. The highest BCUT2D eigenvalue weighted by atomic mass is 16.2. The Morgan fingerprint density at radius 3 is 2.14 bits per heavy atom. The summed E-state index contributed by atoms with van der Waals surface area (Å²) in [5.74, 6) is 1.16. The van der Waals surface area contributed by atoms with Crippen LogP contribution < -0.4 is 0 Å². The van der Waals surface area contributed by atoms with E-state index >= 15 is 0 Å². The number of piperidine rings is 1. The normalized spacial score (nSPS) is 20.2. The highest BCUT2D eigenvalue weighted by Crippen LogP contribution is 2.28. The summed E-state index contributed by atoms with van der Waals surface area (Å²) in [4.78, 5) is 30.5. The van der Waals surface area contributed by atoms with Crippen molar-refractivity contribution in [2.24, 2.45) is 11.8 Å². The molecule has 0 atom stereocenters. The van der Waals surface area contributed by atoms with Crippen molar-refractivity contribution in [1.82, 2.24) is 14.7 Å². The molecule has 2 fully saturated rings. The molecular formula is C17H31N3O2. The van der Waals surface area contributed by atoms with Gasteiger partial charge in [0.2, 0.25) is 11.8 Å². The van der Waals surface area contributed by atoms with Crippen molar-refractivity contribution in [3.05, 3.63) is 0 Å². The standard InChI is InChI=1S/C17H31N3O2/c1-13(2)11-20(15-5-6-15)16(21)12-19-9-7-14(8-10-19)17(22)18(3)4/h13-15H,5-12H2,1-4H3. The van der Waals surface area contributed by atoms with Crippen LogP contribution in [0.1, 0.15) is 39.5 Å². The summed E-state index contributed by atoms with van der Waals surface area (Å²) in [7, 11) is 3.63. The van der Waals surface area contributed by atoms with Gasteiger partial charge in [-0.3, -0.25) is 14.5 Å². The minimum absolute atomic E-state index is 0.136. The molecule has 0 N–H and O–H groups in total. The van der Waals surface area contributed by atoms with Crippen molar-refractivity contribution in [3.63, 3.8) is 0 Å². The van der Waals surface area contributed by atoms with E-state index in [1.54, 1.807) is 4.90 Å². The van der Waals surface area contributed by atoms with E-state index in [1.807, 2.05) is 14.1 Å². The molecule has 0 unspecified atom stereocenters. The fourth-order valence-electron chi connectivity index (χ4n) is 3.22. The molecule has 1 aliphatic heterocycles. The molecule has 1 saturated heterocycles. The van der Waals surface area contributed by atoms with Crippen molar-refractivity contribution >= 4 is 11.8 Å². The number of carbonyl (C=O) groups is 2. The summed E-state index contributed by atoms with van der Waals surface area (Å²) in [6, 6.07) is 0.489. The molecule has 0 aromatic carbocycles. The maximum atomic E-state index is 12.6. The summed E-state index contributed by atoms with van der Waals surface area (Å²) in [6.45, 7) is 7.44. The highest BCUT2D eigenvalue weighted by molar-refractivity contribution is 5.79. The Hall–Kier alpha value is -1.10. The minimum atomic E-state index is 0.136. The van der Waals surface area contributed by atoms with Gasteiger partial charge in [0.15, 0.2) is 0 Å². The van der Waals surface area contributed by atoms with Crippen molar-refractivity contribution in [2.45, 2.75) is 45.6 Å². The fraction of sp³-hybridized carbons (Fsp3) is 0.882. The second-order valence-electron chi connectivity index (χ2n) is 7.45. The highest BCUT2D eigenvalue weighted by Gasteiger charge is 2.34. The van der Waals surface area contributed by atoms with Gasteiger partial charge in [0.25, 0.3) is 0 Å². The van der Waals surface area contributed by atoms with E-state index in [0.29, 0.717) is 18.5 Å². The molecule has 5 nitrogen and oxygen atoms in total. The maximum absolute atomic E-state index is 12.6. The van der Waals surface area contributed by atoms with E-state index in [4.69, 9.17) is 0 Å². The molecule has 2 aliphatic rings. The third-order valence-corrected chi connectivity index (χ3v) is 4.61. The van der Waals surface area contributed by atoms with E-state index in [2.05, 4.69) is 23.6 Å². The van der Waals surface area contributed by atoms with Crippen LogP contribution >= 0.6 is 0 Å². The average molecular weight is 309 g/mol. The predicted molar refractivity (Wildman–Crippen MR) is 87.4 cm³/mol. The van der Waals surface area contributed by atoms with E-state index < -0.39 is 0 Å². The molecule has 0 radical (unpaired) electrons. The van der Waals surface area contributed by atoms with Crippen LogP contribution in [0.2, 0.25) is 0 Å². The Bertz CT molecular complexity index is 397. The maximum Gasteiger partial charge on any atom is 0.237 e. The van der Waals surface area contributed by atoms with E-state index in [0.717, 1.165) is 45.3 Å². The van der Waals surface area contributed by atoms with Gasteiger partial charge in [-0.25, -0.2) is 0 Å². The van der Waals surface area contributed by atoms with E-state index in [-0.39, 0.29) is 17.7 Å². The van der Waals surface area contributed by atoms with Gasteiger partial charge in [-0.15, -0.1) is 0 Å². The number of likely N-dealkylation sites (tertiary alicyclic amines) is 1. The first-order valence-corrected chi connectivity index (χ1v) is 8.61. The molecule has 0 bridgehead atoms. The number of hydrogen-bond donors (Lipinski definition) is 0. The van der Waals surface area contributed by atoms with E-state index in [1.165, 1.54) is 0 Å². The zero-order valence-electron chi connectivity index (χ0n) is 14.5. The molecule has 2 amide bonds. The van der Waals surface area contributed by atoms with Gasteiger partial charge >= 0.3 is 0 Å². The Morgan fingerprint density at radius 1 is 1.09 bits per heavy atom. The van der Waals surface area contributed by atoms with Gasteiger partial charge in [0.05, 0.1) is 6.54 Å². The zero-order valence-corrected chi connectivity index (χ0v) is 14.5. The lowest BCUT2D eigenvalue weighted by atomic mass is 9.95. The topological polar surface area (TPSA) is 43.9 Å². The van der Waals surface area contributed by atoms with Crippen molar-refractivity contribution in [2.75, 3.05) is 40.3 Å². The number of amides is 2. The van der Waals surface area contributed by atoms with Crippen molar-refractivity contribution < 1.29 is 9.59 Å². The SMILES string of the molecule is CC(C)CN(C(=O)CN1CCC(C(=O)N(C)C)CC1)C1CC1. The first kappa shape index (κ1) is 17.3. The molecule has 1 aliphatic carbocycles. The third kappa shape index (κ3) is 4.70. The van der Waals surface area contributed by atoms with Crippen LogP contribution in [0.25, 0.3) is 0 Å². The lowest BCUT2D eigenvalue weighted by Gasteiger charge is -2.34. The molecular weight excluding hydrogens is 278 g/mol. The molecule has 1 saturated carbocycles.